The molecule has 0 spiro atoms. The molecule has 2 heterocycles. The Morgan fingerprint density at radius 2 is 2.09 bits per heavy atom. The molecule has 0 unspecified atom stereocenters. The van der Waals surface area contributed by atoms with Crippen LogP contribution in [0.2, 0.25) is 5.02 Å². The van der Waals surface area contributed by atoms with Crippen LogP contribution in [0.5, 0.6) is 0 Å². The van der Waals surface area contributed by atoms with E-state index in [1.54, 1.807) is 11.3 Å². The summed E-state index contributed by atoms with van der Waals surface area (Å²) in [6.07, 6.45) is 2.64. The first-order chi connectivity index (χ1) is 10.6. The Morgan fingerprint density at radius 3 is 2.73 bits per heavy atom. The van der Waals surface area contributed by atoms with Crippen LogP contribution < -0.4 is 5.73 Å². The fourth-order valence-corrected chi connectivity index (χ4v) is 4.04. The maximum atomic E-state index is 6.41. The van der Waals surface area contributed by atoms with E-state index in [0.29, 0.717) is 0 Å². The average Bonchev–Trinajstić information content (AvgIpc) is 3.14. The second-order valence-corrected chi connectivity index (χ2v) is 6.87. The highest BCUT2D eigenvalue weighted by atomic mass is 35.5. The lowest BCUT2D eigenvalue weighted by Gasteiger charge is -2.08. The summed E-state index contributed by atoms with van der Waals surface area (Å²) in [6.45, 7) is 4.27. The number of hydrogen-bond acceptors (Lipinski definition) is 3. The summed E-state index contributed by atoms with van der Waals surface area (Å²) < 4.78 is 0. The van der Waals surface area contributed by atoms with Crippen LogP contribution in [0.1, 0.15) is 41.7 Å². The predicted molar refractivity (Wildman–Crippen MR) is 94.8 cm³/mol. The van der Waals surface area contributed by atoms with E-state index in [1.807, 2.05) is 12.1 Å². The number of nitrogens with two attached hydrogens (primary N) is 1. The fraction of sp³-hybridized carbons (Fsp3) is 0.353. The first-order valence-corrected chi connectivity index (χ1v) is 8.87. The van der Waals surface area contributed by atoms with E-state index in [0.717, 1.165) is 41.1 Å². The molecule has 3 nitrogen and oxygen atoms in total. The fourth-order valence-electron chi connectivity index (χ4n) is 2.92. The number of nitrogens with one attached hydrogen (secondary N) is 1. The van der Waals surface area contributed by atoms with Crippen molar-refractivity contribution < 1.29 is 0 Å². The van der Waals surface area contributed by atoms with Gasteiger partial charge in [-0.1, -0.05) is 31.5 Å². The maximum Gasteiger partial charge on any atom is 0.124 e. The van der Waals surface area contributed by atoms with Gasteiger partial charge < -0.3 is 10.7 Å². The molecule has 0 saturated carbocycles. The molecule has 0 saturated heterocycles. The molecule has 0 bridgehead atoms. The minimum Gasteiger partial charge on any atom is -0.341 e. The summed E-state index contributed by atoms with van der Waals surface area (Å²) in [5, 5.41) is 2.89. The Morgan fingerprint density at radius 1 is 1.32 bits per heavy atom. The number of imidazole rings is 1. The highest BCUT2D eigenvalue weighted by Gasteiger charge is 2.17. The molecule has 3 rings (SSSR count). The SMILES string of the molecule is CCc1c(Cl)cc2[nH]c([C@H](N)Cc3cccs3)nc2c1CC. The van der Waals surface area contributed by atoms with E-state index in [-0.39, 0.29) is 6.04 Å². The third-order valence-corrected chi connectivity index (χ3v) is 5.26. The molecule has 0 aliphatic heterocycles. The predicted octanol–water partition coefficient (Wildman–Crippen LogP) is 4.65. The standard InChI is InChI=1S/C17H20ClN3S/c1-3-11-12(4-2)16-15(9-13(11)18)20-17(21-16)14(19)8-10-6-5-7-22-10/h5-7,9,14H,3-4,8,19H2,1-2H3,(H,20,21)/t14-/m1/s1. The first kappa shape index (κ1) is 15.5. The molecule has 3 N–H and O–H groups in total. The number of fused-ring (bicyclic) bond motifs is 1. The van der Waals surface area contributed by atoms with Crippen molar-refractivity contribution in [2.45, 2.75) is 39.2 Å². The third-order valence-electron chi connectivity index (χ3n) is 4.02. The Hall–Kier alpha value is -1.36. The van der Waals surface area contributed by atoms with Gasteiger partial charge in [-0.15, -0.1) is 11.3 Å². The molecule has 1 atom stereocenters. The number of benzene rings is 1. The van der Waals surface area contributed by atoms with Crippen molar-refractivity contribution in [1.82, 2.24) is 9.97 Å². The number of aryl methyl sites for hydroxylation is 1. The maximum absolute atomic E-state index is 6.41. The van der Waals surface area contributed by atoms with Crippen LogP contribution in [0.4, 0.5) is 0 Å². The van der Waals surface area contributed by atoms with E-state index in [2.05, 4.69) is 30.3 Å². The normalized spacial score (nSPS) is 12.9. The van der Waals surface area contributed by atoms with Crippen LogP contribution in [-0.2, 0) is 19.3 Å². The second kappa shape index (κ2) is 6.41. The van der Waals surface area contributed by atoms with Crippen molar-refractivity contribution in [1.29, 1.82) is 0 Å². The van der Waals surface area contributed by atoms with E-state index in [9.17, 15) is 0 Å². The summed E-state index contributed by atoms with van der Waals surface area (Å²) in [6, 6.07) is 6.01. The molecular formula is C17H20ClN3S. The summed E-state index contributed by atoms with van der Waals surface area (Å²) >= 11 is 8.14. The highest BCUT2D eigenvalue weighted by Crippen LogP contribution is 2.30. The largest absolute Gasteiger partial charge is 0.341 e. The number of rotatable bonds is 5. The quantitative estimate of drug-likeness (QED) is 0.714. The van der Waals surface area contributed by atoms with Gasteiger partial charge in [0.25, 0.3) is 0 Å². The van der Waals surface area contributed by atoms with Crippen LogP contribution in [0.25, 0.3) is 11.0 Å². The smallest absolute Gasteiger partial charge is 0.124 e. The number of halogens is 1. The average molecular weight is 334 g/mol. The van der Waals surface area contributed by atoms with Crippen LogP contribution in [0.15, 0.2) is 23.6 Å². The van der Waals surface area contributed by atoms with Crippen molar-refractivity contribution >= 4 is 34.0 Å². The second-order valence-electron chi connectivity index (χ2n) is 5.43. The topological polar surface area (TPSA) is 54.7 Å². The molecule has 1 aromatic carbocycles. The first-order valence-electron chi connectivity index (χ1n) is 7.61. The van der Waals surface area contributed by atoms with E-state index < -0.39 is 0 Å². The molecule has 0 aliphatic carbocycles. The van der Waals surface area contributed by atoms with Gasteiger partial charge in [0.05, 0.1) is 17.1 Å². The zero-order valence-corrected chi connectivity index (χ0v) is 14.4. The molecule has 3 aromatic rings. The molecule has 0 radical (unpaired) electrons. The summed E-state index contributed by atoms with van der Waals surface area (Å²) in [5.41, 5.74) is 10.8. The highest BCUT2D eigenvalue weighted by molar-refractivity contribution is 7.09. The van der Waals surface area contributed by atoms with Gasteiger partial charge in [0.1, 0.15) is 5.82 Å². The number of H-pyrrole nitrogens is 1. The van der Waals surface area contributed by atoms with Crippen LogP contribution in [0, 0.1) is 0 Å². The lowest BCUT2D eigenvalue weighted by molar-refractivity contribution is 0.687. The molecule has 116 valence electrons. The summed E-state index contributed by atoms with van der Waals surface area (Å²) in [5.74, 6) is 0.836. The van der Waals surface area contributed by atoms with Gasteiger partial charge in [-0.05, 0) is 41.5 Å². The number of nitrogens with zero attached hydrogens (tertiary/aromatic N) is 1. The van der Waals surface area contributed by atoms with Gasteiger partial charge in [0.2, 0.25) is 0 Å². The summed E-state index contributed by atoms with van der Waals surface area (Å²) in [7, 11) is 0. The zero-order valence-electron chi connectivity index (χ0n) is 12.8. The van der Waals surface area contributed by atoms with Gasteiger partial charge >= 0.3 is 0 Å². The van der Waals surface area contributed by atoms with Crippen molar-refractivity contribution in [2.24, 2.45) is 5.73 Å². The molecule has 0 fully saturated rings. The lowest BCUT2D eigenvalue weighted by atomic mass is 10.0. The minimum absolute atomic E-state index is 0.125. The Kier molecular flexibility index (Phi) is 4.52. The van der Waals surface area contributed by atoms with Gasteiger partial charge in [-0.2, -0.15) is 0 Å². The lowest BCUT2D eigenvalue weighted by Crippen LogP contribution is -2.14. The van der Waals surface area contributed by atoms with Crippen LogP contribution >= 0.6 is 22.9 Å². The Bertz CT molecular complexity index is 777. The third kappa shape index (κ3) is 2.78. The Balaban J connectivity index is 2.02. The van der Waals surface area contributed by atoms with Gasteiger partial charge in [-0.25, -0.2) is 4.98 Å². The molecule has 2 aromatic heterocycles. The Labute approximate surface area is 139 Å². The molecule has 0 amide bonds. The number of thiophene rings is 1. The van der Waals surface area contributed by atoms with Crippen molar-refractivity contribution in [2.75, 3.05) is 0 Å². The van der Waals surface area contributed by atoms with E-state index >= 15 is 0 Å². The van der Waals surface area contributed by atoms with Gasteiger partial charge in [0.15, 0.2) is 0 Å². The molecule has 5 heteroatoms. The van der Waals surface area contributed by atoms with Gasteiger partial charge in [0, 0.05) is 16.3 Å². The molecule has 0 aliphatic rings. The van der Waals surface area contributed by atoms with Crippen molar-refractivity contribution in [3.05, 3.63) is 50.4 Å². The molecular weight excluding hydrogens is 314 g/mol. The monoisotopic (exact) mass is 333 g/mol. The van der Waals surface area contributed by atoms with E-state index in [4.69, 9.17) is 22.3 Å². The zero-order chi connectivity index (χ0) is 15.7. The van der Waals surface area contributed by atoms with Gasteiger partial charge in [-0.3, -0.25) is 0 Å². The summed E-state index contributed by atoms with van der Waals surface area (Å²) in [4.78, 5) is 9.41. The number of aromatic nitrogens is 2. The van der Waals surface area contributed by atoms with Crippen LogP contribution in [-0.4, -0.2) is 9.97 Å². The van der Waals surface area contributed by atoms with Crippen LogP contribution in [0.3, 0.4) is 0 Å². The van der Waals surface area contributed by atoms with E-state index in [1.165, 1.54) is 16.0 Å². The molecule has 22 heavy (non-hydrogen) atoms. The minimum atomic E-state index is -0.125. The number of hydrogen-bond donors (Lipinski definition) is 2. The van der Waals surface area contributed by atoms with Crippen molar-refractivity contribution in [3.63, 3.8) is 0 Å². The van der Waals surface area contributed by atoms with Crippen molar-refractivity contribution in [3.8, 4) is 0 Å². The number of aromatic amines is 1.